The minimum absolute atomic E-state index is 0.0224. The molecule has 86 valence electrons. The van der Waals surface area contributed by atoms with Crippen molar-refractivity contribution >= 4 is 11.6 Å². The van der Waals surface area contributed by atoms with Crippen LogP contribution in [0.1, 0.15) is 23.7 Å². The van der Waals surface area contributed by atoms with Crippen molar-refractivity contribution in [2.75, 3.05) is 18.9 Å². The number of hydrogen-bond acceptors (Lipinski definition) is 3. The maximum Gasteiger partial charge on any atom is 0.253 e. The topological polar surface area (TPSA) is 54.0 Å². The molecular formula is C12H17N3O. The van der Waals surface area contributed by atoms with Crippen molar-refractivity contribution in [2.24, 2.45) is 11.8 Å². The van der Waals surface area contributed by atoms with Gasteiger partial charge >= 0.3 is 0 Å². The van der Waals surface area contributed by atoms with Crippen LogP contribution in [0, 0.1) is 11.8 Å². The van der Waals surface area contributed by atoms with Gasteiger partial charge in [-0.25, -0.2) is 0 Å². The van der Waals surface area contributed by atoms with Gasteiger partial charge in [-0.2, -0.15) is 0 Å². The fourth-order valence-corrected chi connectivity index (χ4v) is 1.79. The molecule has 4 nitrogen and oxygen atoms in total. The van der Waals surface area contributed by atoms with Gasteiger partial charge in [-0.15, -0.1) is 0 Å². The summed E-state index contributed by atoms with van der Waals surface area (Å²) in [6.45, 7) is 2.99. The quantitative estimate of drug-likeness (QED) is 0.807. The van der Waals surface area contributed by atoms with Gasteiger partial charge < -0.3 is 10.6 Å². The van der Waals surface area contributed by atoms with E-state index in [-0.39, 0.29) is 5.91 Å². The molecule has 1 aromatic rings. The van der Waals surface area contributed by atoms with Gasteiger partial charge in [-0.3, -0.25) is 9.78 Å². The van der Waals surface area contributed by atoms with Crippen molar-refractivity contribution in [1.82, 2.24) is 10.3 Å². The Balaban J connectivity index is 1.97. The number of amides is 1. The maximum absolute atomic E-state index is 11.9. The van der Waals surface area contributed by atoms with E-state index in [0.717, 1.165) is 18.2 Å². The number of carbonyl (C=O) groups is 1. The van der Waals surface area contributed by atoms with E-state index in [2.05, 4.69) is 22.5 Å². The fraction of sp³-hybridized carbons (Fsp3) is 0.500. The molecule has 2 rings (SSSR count). The number of nitrogens with one attached hydrogen (secondary N) is 2. The van der Waals surface area contributed by atoms with Gasteiger partial charge in [0.25, 0.3) is 5.91 Å². The SMILES string of the molecule is CNc1cnccc1C(=O)NCC1CC1C. The van der Waals surface area contributed by atoms with Crippen LogP contribution >= 0.6 is 0 Å². The van der Waals surface area contributed by atoms with Crippen LogP contribution in [0.3, 0.4) is 0 Å². The second-order valence-corrected chi connectivity index (χ2v) is 4.35. The monoisotopic (exact) mass is 219 g/mol. The van der Waals surface area contributed by atoms with Crippen LogP contribution in [-0.2, 0) is 0 Å². The lowest BCUT2D eigenvalue weighted by Gasteiger charge is -2.08. The number of carbonyl (C=O) groups excluding carboxylic acids is 1. The minimum Gasteiger partial charge on any atom is -0.386 e. The van der Waals surface area contributed by atoms with E-state index in [1.807, 2.05) is 0 Å². The third-order valence-electron chi connectivity index (χ3n) is 3.14. The molecule has 0 aromatic carbocycles. The van der Waals surface area contributed by atoms with E-state index < -0.39 is 0 Å². The lowest BCUT2D eigenvalue weighted by atomic mass is 10.2. The summed E-state index contributed by atoms with van der Waals surface area (Å²) in [4.78, 5) is 15.9. The molecule has 1 heterocycles. The Morgan fingerprint density at radius 2 is 2.38 bits per heavy atom. The van der Waals surface area contributed by atoms with Gasteiger partial charge in [0.1, 0.15) is 0 Å². The molecule has 2 atom stereocenters. The second kappa shape index (κ2) is 4.51. The van der Waals surface area contributed by atoms with Gasteiger partial charge in [0.15, 0.2) is 0 Å². The summed E-state index contributed by atoms with van der Waals surface area (Å²) < 4.78 is 0. The molecule has 0 radical (unpaired) electrons. The lowest BCUT2D eigenvalue weighted by Crippen LogP contribution is -2.26. The largest absolute Gasteiger partial charge is 0.386 e. The van der Waals surface area contributed by atoms with Crippen molar-refractivity contribution < 1.29 is 4.79 Å². The van der Waals surface area contributed by atoms with Crippen molar-refractivity contribution in [3.63, 3.8) is 0 Å². The molecule has 0 bridgehead atoms. The Morgan fingerprint density at radius 3 is 3.00 bits per heavy atom. The van der Waals surface area contributed by atoms with E-state index in [1.165, 1.54) is 6.42 Å². The minimum atomic E-state index is -0.0224. The molecule has 16 heavy (non-hydrogen) atoms. The fourth-order valence-electron chi connectivity index (χ4n) is 1.79. The average molecular weight is 219 g/mol. The highest BCUT2D eigenvalue weighted by atomic mass is 16.1. The Kier molecular flexibility index (Phi) is 3.08. The van der Waals surface area contributed by atoms with E-state index in [4.69, 9.17) is 0 Å². The van der Waals surface area contributed by atoms with Gasteiger partial charge in [0, 0.05) is 19.8 Å². The number of rotatable bonds is 4. The predicted molar refractivity (Wildman–Crippen MR) is 63.4 cm³/mol. The first-order valence-electron chi connectivity index (χ1n) is 5.62. The number of pyridine rings is 1. The molecule has 1 aliphatic carbocycles. The van der Waals surface area contributed by atoms with E-state index in [0.29, 0.717) is 11.5 Å². The van der Waals surface area contributed by atoms with Crippen molar-refractivity contribution in [3.05, 3.63) is 24.0 Å². The molecule has 1 amide bonds. The van der Waals surface area contributed by atoms with Crippen LogP contribution < -0.4 is 10.6 Å². The number of hydrogen-bond donors (Lipinski definition) is 2. The zero-order valence-corrected chi connectivity index (χ0v) is 9.66. The zero-order valence-electron chi connectivity index (χ0n) is 9.66. The normalized spacial score (nSPS) is 22.6. The van der Waals surface area contributed by atoms with E-state index in [1.54, 1.807) is 25.5 Å². The summed E-state index contributed by atoms with van der Waals surface area (Å²) in [5.74, 6) is 1.41. The Labute approximate surface area is 95.5 Å². The number of anilines is 1. The van der Waals surface area contributed by atoms with E-state index in [9.17, 15) is 4.79 Å². The summed E-state index contributed by atoms with van der Waals surface area (Å²) in [5.41, 5.74) is 1.43. The van der Waals surface area contributed by atoms with Crippen LogP contribution in [0.15, 0.2) is 18.5 Å². The first-order chi connectivity index (χ1) is 7.72. The van der Waals surface area contributed by atoms with Crippen LogP contribution in [0.25, 0.3) is 0 Å². The molecule has 2 unspecified atom stereocenters. The average Bonchev–Trinajstić information content (AvgIpc) is 3.02. The summed E-state index contributed by atoms with van der Waals surface area (Å²) in [6.07, 6.45) is 4.53. The summed E-state index contributed by atoms with van der Waals surface area (Å²) >= 11 is 0. The summed E-state index contributed by atoms with van der Waals surface area (Å²) in [6, 6.07) is 1.73. The summed E-state index contributed by atoms with van der Waals surface area (Å²) in [5, 5.41) is 5.92. The van der Waals surface area contributed by atoms with Gasteiger partial charge in [0.2, 0.25) is 0 Å². The van der Waals surface area contributed by atoms with Crippen molar-refractivity contribution in [2.45, 2.75) is 13.3 Å². The molecular weight excluding hydrogens is 202 g/mol. The number of nitrogens with zero attached hydrogens (tertiary/aromatic N) is 1. The standard InChI is InChI=1S/C12H17N3O/c1-8-5-9(8)6-15-12(16)10-3-4-14-7-11(10)13-2/h3-4,7-9,13H,5-6H2,1-2H3,(H,15,16). The van der Waals surface area contributed by atoms with Crippen LogP contribution in [0.2, 0.25) is 0 Å². The molecule has 0 spiro atoms. The van der Waals surface area contributed by atoms with Gasteiger partial charge in [-0.05, 0) is 24.3 Å². The zero-order chi connectivity index (χ0) is 11.5. The number of aromatic nitrogens is 1. The smallest absolute Gasteiger partial charge is 0.253 e. The van der Waals surface area contributed by atoms with Crippen LogP contribution in [0.5, 0.6) is 0 Å². The third-order valence-corrected chi connectivity index (χ3v) is 3.14. The molecule has 1 aliphatic rings. The maximum atomic E-state index is 11.9. The first-order valence-corrected chi connectivity index (χ1v) is 5.62. The predicted octanol–water partition coefficient (Wildman–Crippen LogP) is 1.51. The second-order valence-electron chi connectivity index (χ2n) is 4.35. The third kappa shape index (κ3) is 2.32. The highest BCUT2D eigenvalue weighted by Crippen LogP contribution is 2.36. The van der Waals surface area contributed by atoms with E-state index >= 15 is 0 Å². The van der Waals surface area contributed by atoms with Gasteiger partial charge in [0.05, 0.1) is 17.4 Å². The Hall–Kier alpha value is -1.58. The molecule has 1 saturated carbocycles. The molecule has 0 saturated heterocycles. The molecule has 2 N–H and O–H groups in total. The highest BCUT2D eigenvalue weighted by Gasteiger charge is 2.32. The van der Waals surface area contributed by atoms with Crippen LogP contribution in [-0.4, -0.2) is 24.5 Å². The van der Waals surface area contributed by atoms with Gasteiger partial charge in [-0.1, -0.05) is 6.92 Å². The first kappa shape index (κ1) is 10.9. The van der Waals surface area contributed by atoms with Crippen molar-refractivity contribution in [1.29, 1.82) is 0 Å². The van der Waals surface area contributed by atoms with Crippen LogP contribution in [0.4, 0.5) is 5.69 Å². The summed E-state index contributed by atoms with van der Waals surface area (Å²) in [7, 11) is 1.79. The van der Waals surface area contributed by atoms with Crippen molar-refractivity contribution in [3.8, 4) is 0 Å². The molecule has 1 fully saturated rings. The lowest BCUT2D eigenvalue weighted by molar-refractivity contribution is 0.0952. The molecule has 1 aromatic heterocycles. The molecule has 0 aliphatic heterocycles. The molecule has 4 heteroatoms. The highest BCUT2D eigenvalue weighted by molar-refractivity contribution is 5.99. The Bertz CT molecular complexity index is 392. The Morgan fingerprint density at radius 1 is 1.62 bits per heavy atom.